The maximum atomic E-state index is 11.8. The molecule has 0 bridgehead atoms. The lowest BCUT2D eigenvalue weighted by molar-refractivity contribution is 0.0519. The Kier molecular flexibility index (Phi) is 7.56. The molecular weight excluding hydrogens is 288 g/mol. The highest BCUT2D eigenvalue weighted by Crippen LogP contribution is 2.11. The Hall–Kier alpha value is -1.55. The first-order chi connectivity index (χ1) is 10.7. The fraction of sp³-hybridized carbons (Fsp3) is 0.632. The summed E-state index contributed by atoms with van der Waals surface area (Å²) in [5.41, 5.74) is 2.21. The van der Waals surface area contributed by atoms with E-state index >= 15 is 0 Å². The van der Waals surface area contributed by atoms with Crippen LogP contribution in [0.3, 0.4) is 0 Å². The van der Waals surface area contributed by atoms with Gasteiger partial charge in [0.25, 0.3) is 0 Å². The molecule has 2 N–H and O–H groups in total. The zero-order chi connectivity index (χ0) is 17.5. The van der Waals surface area contributed by atoms with Gasteiger partial charge in [-0.1, -0.05) is 45.0 Å². The highest BCUT2D eigenvalue weighted by molar-refractivity contribution is 5.67. The van der Waals surface area contributed by atoms with Crippen LogP contribution in [-0.4, -0.2) is 24.3 Å². The number of nitrogens with one attached hydrogen (secondary N) is 2. The number of hydrogen-bond acceptors (Lipinski definition) is 3. The van der Waals surface area contributed by atoms with Gasteiger partial charge in [-0.05, 0) is 44.2 Å². The molecule has 4 nitrogen and oxygen atoms in total. The summed E-state index contributed by atoms with van der Waals surface area (Å²) < 4.78 is 5.29. The zero-order valence-corrected chi connectivity index (χ0v) is 15.4. The summed E-state index contributed by atoms with van der Waals surface area (Å²) in [6, 6.07) is 8.67. The molecule has 1 amide bonds. The van der Waals surface area contributed by atoms with Crippen LogP contribution in [0.5, 0.6) is 0 Å². The Morgan fingerprint density at radius 1 is 1.17 bits per heavy atom. The molecule has 1 unspecified atom stereocenters. The molecule has 23 heavy (non-hydrogen) atoms. The number of benzene rings is 1. The van der Waals surface area contributed by atoms with Crippen molar-refractivity contribution in [2.75, 3.05) is 6.54 Å². The van der Waals surface area contributed by atoms with Crippen LogP contribution in [0.2, 0.25) is 0 Å². The topological polar surface area (TPSA) is 50.4 Å². The molecule has 1 atom stereocenters. The van der Waals surface area contributed by atoms with Gasteiger partial charge in [-0.3, -0.25) is 0 Å². The molecule has 130 valence electrons. The Balaban J connectivity index is 2.54. The highest BCUT2D eigenvalue weighted by Gasteiger charge is 2.19. The van der Waals surface area contributed by atoms with Gasteiger partial charge in [0, 0.05) is 19.1 Å². The number of alkyl carbamates (subject to hydrolysis) is 1. The SMILES string of the molecule is CCc1ccccc1CNC(CNC(=O)OC(C)(C)C)C(C)C. The van der Waals surface area contributed by atoms with Crippen LogP contribution in [0, 0.1) is 5.92 Å². The molecule has 1 rings (SSSR count). The lowest BCUT2D eigenvalue weighted by atomic mass is 10.0. The molecule has 0 radical (unpaired) electrons. The second kappa shape index (κ2) is 8.92. The maximum absolute atomic E-state index is 11.8. The summed E-state index contributed by atoms with van der Waals surface area (Å²) in [6.45, 7) is 13.4. The van der Waals surface area contributed by atoms with Gasteiger partial charge in [0.1, 0.15) is 5.60 Å². The first-order valence-corrected chi connectivity index (χ1v) is 8.50. The van der Waals surface area contributed by atoms with Gasteiger partial charge in [-0.2, -0.15) is 0 Å². The summed E-state index contributed by atoms with van der Waals surface area (Å²) >= 11 is 0. The first-order valence-electron chi connectivity index (χ1n) is 8.50. The summed E-state index contributed by atoms with van der Waals surface area (Å²) in [5.74, 6) is 0.415. The minimum absolute atomic E-state index is 0.201. The molecule has 0 fully saturated rings. The number of carbonyl (C=O) groups excluding carboxylic acids is 1. The molecule has 1 aromatic rings. The van der Waals surface area contributed by atoms with Crippen LogP contribution in [0.15, 0.2) is 24.3 Å². The van der Waals surface area contributed by atoms with Crippen LogP contribution in [0.4, 0.5) is 4.79 Å². The van der Waals surface area contributed by atoms with Crippen LogP contribution in [0.25, 0.3) is 0 Å². The Labute approximate surface area is 141 Å². The average Bonchev–Trinajstić information content (AvgIpc) is 2.45. The van der Waals surface area contributed by atoms with E-state index in [9.17, 15) is 4.79 Å². The molecule has 0 aliphatic rings. The van der Waals surface area contributed by atoms with Gasteiger partial charge in [0.15, 0.2) is 0 Å². The smallest absolute Gasteiger partial charge is 0.407 e. The molecule has 0 aliphatic heterocycles. The molecular formula is C19H32N2O2. The Morgan fingerprint density at radius 2 is 1.78 bits per heavy atom. The van der Waals surface area contributed by atoms with Gasteiger partial charge in [-0.25, -0.2) is 4.79 Å². The number of amides is 1. The van der Waals surface area contributed by atoms with Crippen molar-refractivity contribution in [1.29, 1.82) is 0 Å². The quantitative estimate of drug-likeness (QED) is 0.801. The lowest BCUT2D eigenvalue weighted by Gasteiger charge is -2.25. The second-order valence-corrected chi connectivity index (χ2v) is 7.24. The number of hydrogen-bond donors (Lipinski definition) is 2. The summed E-state index contributed by atoms with van der Waals surface area (Å²) in [4.78, 5) is 11.8. The van der Waals surface area contributed by atoms with E-state index in [0.717, 1.165) is 13.0 Å². The van der Waals surface area contributed by atoms with Gasteiger partial charge >= 0.3 is 6.09 Å². The fourth-order valence-electron chi connectivity index (χ4n) is 2.37. The third kappa shape index (κ3) is 7.51. The second-order valence-electron chi connectivity index (χ2n) is 7.24. The molecule has 0 saturated heterocycles. The van der Waals surface area contributed by atoms with E-state index in [-0.39, 0.29) is 12.1 Å². The third-order valence-electron chi connectivity index (χ3n) is 3.72. The third-order valence-corrected chi connectivity index (χ3v) is 3.72. The summed E-state index contributed by atoms with van der Waals surface area (Å²) in [5, 5.41) is 6.42. The Morgan fingerprint density at radius 3 is 2.30 bits per heavy atom. The van der Waals surface area contributed by atoms with E-state index in [2.05, 4.69) is 55.7 Å². The molecule has 0 saturated carbocycles. The van der Waals surface area contributed by atoms with Crippen molar-refractivity contribution in [1.82, 2.24) is 10.6 Å². The minimum atomic E-state index is -0.467. The molecule has 1 aromatic carbocycles. The van der Waals surface area contributed by atoms with Crippen molar-refractivity contribution < 1.29 is 9.53 Å². The molecule has 0 spiro atoms. The van der Waals surface area contributed by atoms with E-state index in [1.165, 1.54) is 11.1 Å². The van der Waals surface area contributed by atoms with Crippen LogP contribution in [-0.2, 0) is 17.7 Å². The zero-order valence-electron chi connectivity index (χ0n) is 15.4. The highest BCUT2D eigenvalue weighted by atomic mass is 16.6. The standard InChI is InChI=1S/C19H32N2O2/c1-7-15-10-8-9-11-16(15)12-20-17(14(2)3)13-21-18(22)23-19(4,5)6/h8-11,14,17,20H,7,12-13H2,1-6H3,(H,21,22). The summed E-state index contributed by atoms with van der Waals surface area (Å²) in [6.07, 6.45) is 0.666. The van der Waals surface area contributed by atoms with Crippen molar-refractivity contribution in [3.8, 4) is 0 Å². The normalized spacial score (nSPS) is 13.0. The van der Waals surface area contributed by atoms with E-state index in [0.29, 0.717) is 12.5 Å². The van der Waals surface area contributed by atoms with Crippen molar-refractivity contribution in [3.63, 3.8) is 0 Å². The first kappa shape index (κ1) is 19.5. The van der Waals surface area contributed by atoms with Gasteiger partial charge < -0.3 is 15.4 Å². The number of ether oxygens (including phenoxy) is 1. The molecule has 0 aromatic heterocycles. The van der Waals surface area contributed by atoms with Crippen molar-refractivity contribution >= 4 is 6.09 Å². The molecule has 0 heterocycles. The van der Waals surface area contributed by atoms with Crippen molar-refractivity contribution in [2.24, 2.45) is 5.92 Å². The predicted octanol–water partition coefficient (Wildman–Crippen LogP) is 3.89. The molecule has 0 aliphatic carbocycles. The number of aryl methyl sites for hydroxylation is 1. The van der Waals surface area contributed by atoms with Crippen molar-refractivity contribution in [2.45, 2.75) is 66.2 Å². The van der Waals surface area contributed by atoms with Crippen LogP contribution in [0.1, 0.15) is 52.7 Å². The number of rotatable bonds is 7. The average molecular weight is 320 g/mol. The molecule has 4 heteroatoms. The van der Waals surface area contributed by atoms with E-state index in [1.54, 1.807) is 0 Å². The van der Waals surface area contributed by atoms with Gasteiger partial charge in [0.2, 0.25) is 0 Å². The lowest BCUT2D eigenvalue weighted by Crippen LogP contribution is -2.45. The largest absolute Gasteiger partial charge is 0.444 e. The van der Waals surface area contributed by atoms with Crippen LogP contribution >= 0.6 is 0 Å². The van der Waals surface area contributed by atoms with Crippen molar-refractivity contribution in [3.05, 3.63) is 35.4 Å². The fourth-order valence-corrected chi connectivity index (χ4v) is 2.37. The van der Waals surface area contributed by atoms with Gasteiger partial charge in [0.05, 0.1) is 0 Å². The summed E-state index contributed by atoms with van der Waals surface area (Å²) in [7, 11) is 0. The Bertz CT molecular complexity index is 492. The van der Waals surface area contributed by atoms with E-state index in [4.69, 9.17) is 4.74 Å². The van der Waals surface area contributed by atoms with E-state index in [1.807, 2.05) is 20.8 Å². The van der Waals surface area contributed by atoms with Crippen LogP contribution < -0.4 is 10.6 Å². The maximum Gasteiger partial charge on any atom is 0.407 e. The van der Waals surface area contributed by atoms with Gasteiger partial charge in [-0.15, -0.1) is 0 Å². The monoisotopic (exact) mass is 320 g/mol. The van der Waals surface area contributed by atoms with E-state index < -0.39 is 5.60 Å². The minimum Gasteiger partial charge on any atom is -0.444 e. The predicted molar refractivity (Wildman–Crippen MR) is 95.5 cm³/mol. The number of carbonyl (C=O) groups is 1.